The highest BCUT2D eigenvalue weighted by atomic mass is 16.5. The van der Waals surface area contributed by atoms with Gasteiger partial charge in [0.2, 0.25) is 5.91 Å². The number of benzene rings is 1. The summed E-state index contributed by atoms with van der Waals surface area (Å²) < 4.78 is 6.31. The topological polar surface area (TPSA) is 78.8 Å². The lowest BCUT2D eigenvalue weighted by Gasteiger charge is -2.53. The number of nitrogens with one attached hydrogen (secondary N) is 1. The average Bonchev–Trinajstić information content (AvgIpc) is 3.12. The van der Waals surface area contributed by atoms with Gasteiger partial charge in [0.25, 0.3) is 0 Å². The van der Waals surface area contributed by atoms with Crippen LogP contribution in [0.25, 0.3) is 0 Å². The monoisotopic (exact) mass is 387 g/mol. The fourth-order valence-electron chi connectivity index (χ4n) is 6.61. The van der Waals surface area contributed by atoms with Gasteiger partial charge in [-0.3, -0.25) is 4.79 Å². The largest absolute Gasteiger partial charge is 0.507 e. The van der Waals surface area contributed by atoms with Crippen molar-refractivity contribution in [2.45, 2.75) is 65.5 Å². The van der Waals surface area contributed by atoms with Crippen LogP contribution in [0.3, 0.4) is 0 Å². The van der Waals surface area contributed by atoms with Crippen molar-refractivity contribution >= 4 is 5.91 Å². The van der Waals surface area contributed by atoms with Gasteiger partial charge >= 0.3 is 0 Å². The Balaban J connectivity index is 1.69. The first-order valence-electron chi connectivity index (χ1n) is 10.5. The van der Waals surface area contributed by atoms with Gasteiger partial charge in [0.1, 0.15) is 5.75 Å². The molecule has 2 aliphatic carbocycles. The van der Waals surface area contributed by atoms with Gasteiger partial charge < -0.3 is 20.3 Å². The first-order valence-corrected chi connectivity index (χ1v) is 10.5. The Hall–Kier alpha value is -1.59. The minimum Gasteiger partial charge on any atom is -0.507 e. The number of aliphatic hydroxyl groups excluding tert-OH is 1. The van der Waals surface area contributed by atoms with Crippen LogP contribution in [0.2, 0.25) is 0 Å². The highest BCUT2D eigenvalue weighted by Gasteiger charge is 2.68. The lowest BCUT2D eigenvalue weighted by atomic mass is 9.58. The molecule has 2 bridgehead atoms. The predicted octanol–water partition coefficient (Wildman–Crippen LogP) is 3.39. The smallest absolute Gasteiger partial charge is 0.222 e. The first-order chi connectivity index (χ1) is 13.2. The highest BCUT2D eigenvalue weighted by molar-refractivity contribution is 5.76. The predicted molar refractivity (Wildman–Crippen MR) is 107 cm³/mol. The molecule has 5 atom stereocenters. The Bertz CT molecular complexity index is 766. The van der Waals surface area contributed by atoms with E-state index in [1.54, 1.807) is 0 Å². The van der Waals surface area contributed by atoms with Gasteiger partial charge in [-0.25, -0.2) is 0 Å². The van der Waals surface area contributed by atoms with Crippen LogP contribution in [0.1, 0.15) is 62.3 Å². The number of fused-ring (bicyclic) bond motifs is 1. The van der Waals surface area contributed by atoms with E-state index in [9.17, 15) is 9.90 Å². The van der Waals surface area contributed by atoms with Crippen molar-refractivity contribution < 1.29 is 19.7 Å². The molecule has 4 rings (SSSR count). The molecule has 1 saturated heterocycles. The van der Waals surface area contributed by atoms with Gasteiger partial charge in [-0.15, -0.1) is 0 Å². The van der Waals surface area contributed by atoms with Gasteiger partial charge in [-0.05, 0) is 84.6 Å². The summed E-state index contributed by atoms with van der Waals surface area (Å²) in [5.74, 6) is 1.22. The Labute approximate surface area is 167 Å². The summed E-state index contributed by atoms with van der Waals surface area (Å²) in [7, 11) is 0. The van der Waals surface area contributed by atoms with Crippen LogP contribution in [0, 0.1) is 36.5 Å². The SMILES string of the molecule is Cc1cc([C@H]2OCCC34C[C@@H](C[C@H]23)C(C)(C)[C@@H]4NC(=O)CCO)cc(C)c1O. The van der Waals surface area contributed by atoms with Crippen molar-refractivity contribution in [3.63, 3.8) is 0 Å². The number of hydrogen-bond donors (Lipinski definition) is 3. The third-order valence-electron chi connectivity index (χ3n) is 7.99. The van der Waals surface area contributed by atoms with Crippen molar-refractivity contribution in [2.24, 2.45) is 22.7 Å². The number of phenolic OH excluding ortho intramolecular Hbond substituents is 1. The molecule has 0 aromatic heterocycles. The van der Waals surface area contributed by atoms with Crippen molar-refractivity contribution in [1.29, 1.82) is 0 Å². The quantitative estimate of drug-likeness (QED) is 0.740. The summed E-state index contributed by atoms with van der Waals surface area (Å²) in [6.45, 7) is 9.02. The average molecular weight is 388 g/mol. The summed E-state index contributed by atoms with van der Waals surface area (Å²) in [6.07, 6.45) is 3.38. The molecule has 1 spiro atoms. The number of aromatic hydroxyl groups is 1. The molecule has 0 radical (unpaired) electrons. The van der Waals surface area contributed by atoms with Crippen LogP contribution in [0.15, 0.2) is 12.1 Å². The van der Waals surface area contributed by atoms with E-state index in [1.165, 1.54) is 0 Å². The van der Waals surface area contributed by atoms with Gasteiger partial charge in [-0.1, -0.05) is 13.8 Å². The zero-order valence-corrected chi connectivity index (χ0v) is 17.4. The second-order valence-electron chi connectivity index (χ2n) is 9.82. The Morgan fingerprint density at radius 2 is 1.96 bits per heavy atom. The third kappa shape index (κ3) is 2.78. The number of phenols is 1. The molecule has 5 heteroatoms. The van der Waals surface area contributed by atoms with E-state index in [-0.39, 0.29) is 41.9 Å². The number of aryl methyl sites for hydroxylation is 2. The van der Waals surface area contributed by atoms with Crippen LogP contribution in [-0.2, 0) is 9.53 Å². The van der Waals surface area contributed by atoms with Gasteiger partial charge in [0.05, 0.1) is 12.7 Å². The number of amides is 1. The summed E-state index contributed by atoms with van der Waals surface area (Å²) in [4.78, 5) is 12.4. The molecule has 1 aliphatic heterocycles. The second-order valence-corrected chi connectivity index (χ2v) is 9.82. The maximum atomic E-state index is 12.4. The molecule has 28 heavy (non-hydrogen) atoms. The zero-order valence-electron chi connectivity index (χ0n) is 17.4. The molecule has 1 unspecified atom stereocenters. The molecule has 3 N–H and O–H groups in total. The van der Waals surface area contributed by atoms with Crippen molar-refractivity contribution in [3.05, 3.63) is 28.8 Å². The van der Waals surface area contributed by atoms with Crippen molar-refractivity contribution in [1.82, 2.24) is 5.32 Å². The molecule has 5 nitrogen and oxygen atoms in total. The van der Waals surface area contributed by atoms with E-state index in [4.69, 9.17) is 9.84 Å². The van der Waals surface area contributed by atoms with E-state index >= 15 is 0 Å². The first kappa shape index (κ1) is 19.7. The number of rotatable bonds is 4. The Morgan fingerprint density at radius 1 is 1.29 bits per heavy atom. The lowest BCUT2D eigenvalue weighted by Crippen LogP contribution is -2.59. The second kappa shape index (κ2) is 6.74. The van der Waals surface area contributed by atoms with Crippen LogP contribution in [0.4, 0.5) is 0 Å². The van der Waals surface area contributed by atoms with Crippen molar-refractivity contribution in [3.8, 4) is 5.75 Å². The minimum absolute atomic E-state index is 0.00472. The molecular weight excluding hydrogens is 354 g/mol. The molecular formula is C23H33NO4. The van der Waals surface area contributed by atoms with Crippen LogP contribution in [0.5, 0.6) is 5.75 Å². The van der Waals surface area contributed by atoms with Gasteiger partial charge in [0.15, 0.2) is 0 Å². The minimum atomic E-state index is -0.114. The van der Waals surface area contributed by atoms with E-state index in [2.05, 4.69) is 31.3 Å². The fraction of sp³-hybridized carbons (Fsp3) is 0.696. The normalized spacial score (nSPS) is 35.6. The summed E-state index contributed by atoms with van der Waals surface area (Å²) >= 11 is 0. The number of ether oxygens (including phenoxy) is 1. The van der Waals surface area contributed by atoms with E-state index in [1.807, 2.05) is 13.8 Å². The van der Waals surface area contributed by atoms with E-state index in [0.29, 0.717) is 24.2 Å². The van der Waals surface area contributed by atoms with Gasteiger partial charge in [0, 0.05) is 19.1 Å². The van der Waals surface area contributed by atoms with E-state index < -0.39 is 0 Å². The molecule has 1 heterocycles. The molecule has 154 valence electrons. The fourth-order valence-corrected chi connectivity index (χ4v) is 6.61. The molecule has 1 aromatic carbocycles. The molecule has 1 aromatic rings. The molecule has 3 fully saturated rings. The number of hydrogen-bond acceptors (Lipinski definition) is 4. The van der Waals surface area contributed by atoms with Crippen LogP contribution >= 0.6 is 0 Å². The maximum absolute atomic E-state index is 12.4. The summed E-state index contributed by atoms with van der Waals surface area (Å²) in [6, 6.07) is 4.22. The molecule has 2 saturated carbocycles. The van der Waals surface area contributed by atoms with Crippen LogP contribution < -0.4 is 5.32 Å². The summed E-state index contributed by atoms with van der Waals surface area (Å²) in [5.41, 5.74) is 3.00. The van der Waals surface area contributed by atoms with E-state index in [0.717, 1.165) is 36.0 Å². The van der Waals surface area contributed by atoms with Crippen molar-refractivity contribution in [2.75, 3.05) is 13.2 Å². The standard InChI is InChI=1S/C23H33NO4/c1-13-9-15(10-14(2)19(13)27)20-17-11-16-12-23(17,6-8-28-20)21(22(16,3)4)24-18(26)5-7-25/h9-10,16-17,20-21,25,27H,5-8,11-12H2,1-4H3,(H,24,26)/t16-,17-,20-,21+,23?/m1/s1. The Morgan fingerprint density at radius 3 is 2.61 bits per heavy atom. The summed E-state index contributed by atoms with van der Waals surface area (Å²) in [5, 5.41) is 22.6. The third-order valence-corrected chi connectivity index (χ3v) is 7.99. The van der Waals surface area contributed by atoms with Crippen LogP contribution in [-0.4, -0.2) is 35.4 Å². The zero-order chi connectivity index (χ0) is 20.3. The lowest BCUT2D eigenvalue weighted by molar-refractivity contribution is -0.137. The van der Waals surface area contributed by atoms with Gasteiger partial charge in [-0.2, -0.15) is 0 Å². The number of aliphatic hydroxyl groups is 1. The maximum Gasteiger partial charge on any atom is 0.222 e. The number of carbonyl (C=O) groups is 1. The molecule has 1 amide bonds. The Kier molecular flexibility index (Phi) is 4.74. The number of carbonyl (C=O) groups excluding carboxylic acids is 1. The highest BCUT2D eigenvalue weighted by Crippen LogP contribution is 2.70. The molecule has 3 aliphatic rings.